The highest BCUT2D eigenvalue weighted by molar-refractivity contribution is 6.04. The molecule has 0 saturated heterocycles. The Morgan fingerprint density at radius 2 is 1.74 bits per heavy atom. The van der Waals surface area contributed by atoms with E-state index in [-0.39, 0.29) is 24.0 Å². The first-order chi connectivity index (χ1) is 16.2. The molecule has 0 radical (unpaired) electrons. The monoisotopic (exact) mass is 459 g/mol. The summed E-state index contributed by atoms with van der Waals surface area (Å²) in [7, 11) is 0. The molecule has 2 amide bonds. The molecule has 3 aromatic rings. The van der Waals surface area contributed by atoms with Crippen molar-refractivity contribution in [1.29, 1.82) is 0 Å². The summed E-state index contributed by atoms with van der Waals surface area (Å²) in [6, 6.07) is 17.0. The third-order valence-corrected chi connectivity index (χ3v) is 4.70. The molecule has 2 aromatic carbocycles. The number of nitrogens with zero attached hydrogens (tertiary/aromatic N) is 2. The fraction of sp³-hybridized carbons (Fsp3) is 0.231. The molecular formula is C26H29N5O3. The van der Waals surface area contributed by atoms with Crippen LogP contribution in [0.15, 0.2) is 78.2 Å². The smallest absolute Gasteiger partial charge is 0.255 e. The predicted octanol–water partition coefficient (Wildman–Crippen LogP) is 3.91. The first-order valence-electron chi connectivity index (χ1n) is 10.9. The minimum absolute atomic E-state index is 0.226. The van der Waals surface area contributed by atoms with Crippen LogP contribution in [-0.2, 0) is 4.84 Å². The summed E-state index contributed by atoms with van der Waals surface area (Å²) in [6.45, 7) is 5.96. The lowest BCUT2D eigenvalue weighted by molar-refractivity contribution is 0.00198. The number of nitrogens with two attached hydrogens (primary N) is 1. The normalized spacial score (nSPS) is 12.2. The lowest BCUT2D eigenvalue weighted by Crippen LogP contribution is -2.32. The molecular weight excluding hydrogens is 430 g/mol. The van der Waals surface area contributed by atoms with Gasteiger partial charge in [0.2, 0.25) is 0 Å². The van der Waals surface area contributed by atoms with Crippen LogP contribution in [0.4, 0.5) is 5.69 Å². The summed E-state index contributed by atoms with van der Waals surface area (Å²) in [6.07, 6.45) is 4.79. The number of benzene rings is 2. The molecule has 8 nitrogen and oxygen atoms in total. The van der Waals surface area contributed by atoms with E-state index in [1.165, 1.54) is 0 Å². The third-order valence-electron chi connectivity index (χ3n) is 4.70. The second-order valence-corrected chi connectivity index (χ2v) is 8.69. The number of amides is 2. The van der Waals surface area contributed by atoms with Crippen molar-refractivity contribution < 1.29 is 14.4 Å². The van der Waals surface area contributed by atoms with E-state index >= 15 is 0 Å². The molecule has 0 spiro atoms. The van der Waals surface area contributed by atoms with Gasteiger partial charge in [-0.15, -0.1) is 0 Å². The molecule has 1 atom stereocenters. The summed E-state index contributed by atoms with van der Waals surface area (Å²) in [5.41, 5.74) is 9.09. The Morgan fingerprint density at radius 1 is 1.03 bits per heavy atom. The average molecular weight is 460 g/mol. The molecule has 0 aliphatic rings. The maximum absolute atomic E-state index is 12.6. The second kappa shape index (κ2) is 11.2. The van der Waals surface area contributed by atoms with Crippen molar-refractivity contribution in [3.8, 4) is 0 Å². The fourth-order valence-electron chi connectivity index (χ4n) is 2.95. The van der Waals surface area contributed by atoms with Gasteiger partial charge in [0.25, 0.3) is 11.8 Å². The van der Waals surface area contributed by atoms with Gasteiger partial charge in [0.1, 0.15) is 5.60 Å². The number of hydrogen-bond donors (Lipinski definition) is 3. The summed E-state index contributed by atoms with van der Waals surface area (Å²) in [4.78, 5) is 34.2. The van der Waals surface area contributed by atoms with Crippen molar-refractivity contribution >= 4 is 23.7 Å². The third kappa shape index (κ3) is 7.53. The lowest BCUT2D eigenvalue weighted by atomic mass is 10.0. The fourth-order valence-corrected chi connectivity index (χ4v) is 2.95. The highest BCUT2D eigenvalue weighted by atomic mass is 16.6. The van der Waals surface area contributed by atoms with Crippen molar-refractivity contribution in [2.45, 2.75) is 32.4 Å². The van der Waals surface area contributed by atoms with E-state index in [4.69, 9.17) is 10.6 Å². The topological polar surface area (TPSA) is 119 Å². The van der Waals surface area contributed by atoms with E-state index in [1.807, 2.05) is 26.8 Å². The summed E-state index contributed by atoms with van der Waals surface area (Å²) < 4.78 is 0. The number of carbonyl (C=O) groups excluding carboxylic acids is 2. The van der Waals surface area contributed by atoms with Crippen molar-refractivity contribution in [3.63, 3.8) is 0 Å². The van der Waals surface area contributed by atoms with Crippen LogP contribution >= 0.6 is 0 Å². The standard InChI is InChI=1S/C26H29N5O3/c1-26(2,3)34-30-16-18-5-4-6-21(15-18)24(32)29-17-23(27)19-7-9-20(10-8-19)25(33)31-22-11-13-28-14-12-22/h4-16,23H,17,27H2,1-3H3,(H,29,32)(H,28,31,33). The molecule has 1 aromatic heterocycles. The first-order valence-corrected chi connectivity index (χ1v) is 10.9. The number of aromatic nitrogens is 1. The first kappa shape index (κ1) is 24.6. The van der Waals surface area contributed by atoms with Crippen LogP contribution in [0.5, 0.6) is 0 Å². The summed E-state index contributed by atoms with van der Waals surface area (Å²) in [5.74, 6) is -0.466. The molecule has 1 heterocycles. The molecule has 0 saturated carbocycles. The lowest BCUT2D eigenvalue weighted by Gasteiger charge is -2.15. The number of rotatable bonds is 8. The summed E-state index contributed by atoms with van der Waals surface area (Å²) in [5, 5.41) is 9.62. The highest BCUT2D eigenvalue weighted by Gasteiger charge is 2.13. The Morgan fingerprint density at radius 3 is 2.41 bits per heavy atom. The molecule has 0 aliphatic carbocycles. The zero-order chi connectivity index (χ0) is 24.6. The quantitative estimate of drug-likeness (QED) is 0.349. The van der Waals surface area contributed by atoms with Gasteiger partial charge in [-0.3, -0.25) is 14.6 Å². The molecule has 0 fully saturated rings. The van der Waals surface area contributed by atoms with E-state index < -0.39 is 6.04 Å². The molecule has 1 unspecified atom stereocenters. The Hall–Kier alpha value is -4.04. The largest absolute Gasteiger partial charge is 0.390 e. The van der Waals surface area contributed by atoms with E-state index in [1.54, 1.807) is 73.2 Å². The van der Waals surface area contributed by atoms with Crippen LogP contribution in [0, 0.1) is 0 Å². The Bertz CT molecular complexity index is 1140. The van der Waals surface area contributed by atoms with E-state index in [9.17, 15) is 9.59 Å². The number of anilines is 1. The maximum Gasteiger partial charge on any atom is 0.255 e. The van der Waals surface area contributed by atoms with Crippen LogP contribution < -0.4 is 16.4 Å². The number of nitrogens with one attached hydrogen (secondary N) is 2. The van der Waals surface area contributed by atoms with Crippen molar-refractivity contribution in [3.05, 3.63) is 95.3 Å². The van der Waals surface area contributed by atoms with Crippen LogP contribution in [-0.4, -0.2) is 35.2 Å². The van der Waals surface area contributed by atoms with Gasteiger partial charge in [0.15, 0.2) is 0 Å². The second-order valence-electron chi connectivity index (χ2n) is 8.69. The van der Waals surface area contributed by atoms with E-state index in [0.717, 1.165) is 11.1 Å². The molecule has 0 aliphatic heterocycles. The van der Waals surface area contributed by atoms with Gasteiger partial charge < -0.3 is 21.2 Å². The number of hydrogen-bond acceptors (Lipinski definition) is 6. The highest BCUT2D eigenvalue weighted by Crippen LogP contribution is 2.14. The van der Waals surface area contributed by atoms with Crippen molar-refractivity contribution in [2.75, 3.05) is 11.9 Å². The molecule has 176 valence electrons. The molecule has 34 heavy (non-hydrogen) atoms. The van der Waals surface area contributed by atoms with Crippen LogP contribution in [0.3, 0.4) is 0 Å². The maximum atomic E-state index is 12.6. The van der Waals surface area contributed by atoms with Crippen LogP contribution in [0.1, 0.15) is 58.7 Å². The summed E-state index contributed by atoms with van der Waals surface area (Å²) >= 11 is 0. The molecule has 0 bridgehead atoms. The molecule has 3 rings (SSSR count). The molecule has 8 heteroatoms. The Labute approximate surface area is 199 Å². The average Bonchev–Trinajstić information content (AvgIpc) is 2.82. The van der Waals surface area contributed by atoms with Gasteiger partial charge in [0, 0.05) is 41.8 Å². The zero-order valence-electron chi connectivity index (χ0n) is 19.5. The number of pyridine rings is 1. The Balaban J connectivity index is 1.54. The minimum atomic E-state index is -0.425. The van der Waals surface area contributed by atoms with Crippen molar-refractivity contribution in [1.82, 2.24) is 10.3 Å². The van der Waals surface area contributed by atoms with Gasteiger partial charge in [-0.1, -0.05) is 29.4 Å². The Kier molecular flexibility index (Phi) is 8.10. The minimum Gasteiger partial charge on any atom is -0.390 e. The van der Waals surface area contributed by atoms with Gasteiger partial charge in [0.05, 0.1) is 6.21 Å². The van der Waals surface area contributed by atoms with Gasteiger partial charge in [-0.25, -0.2) is 0 Å². The van der Waals surface area contributed by atoms with Crippen LogP contribution in [0.2, 0.25) is 0 Å². The van der Waals surface area contributed by atoms with Gasteiger partial charge in [-0.05, 0) is 68.3 Å². The van der Waals surface area contributed by atoms with Crippen LogP contribution in [0.25, 0.3) is 0 Å². The van der Waals surface area contributed by atoms with E-state index in [2.05, 4.69) is 20.8 Å². The molecule has 4 N–H and O–H groups in total. The van der Waals surface area contributed by atoms with E-state index in [0.29, 0.717) is 16.8 Å². The number of oxime groups is 1. The van der Waals surface area contributed by atoms with Gasteiger partial charge >= 0.3 is 0 Å². The predicted molar refractivity (Wildman–Crippen MR) is 133 cm³/mol. The van der Waals surface area contributed by atoms with Crippen molar-refractivity contribution in [2.24, 2.45) is 10.9 Å². The SMILES string of the molecule is CC(C)(C)ON=Cc1cccc(C(=O)NCC(N)c2ccc(C(=O)Nc3ccncc3)cc2)c1. The zero-order valence-corrected chi connectivity index (χ0v) is 19.5. The number of carbonyl (C=O) groups is 2. The van der Waals surface area contributed by atoms with Gasteiger partial charge in [-0.2, -0.15) is 0 Å².